The molecule has 0 unspecified atom stereocenters. The van der Waals surface area contributed by atoms with Crippen LogP contribution < -0.4 is 14.8 Å². The van der Waals surface area contributed by atoms with Crippen molar-refractivity contribution in [3.8, 4) is 11.5 Å². The summed E-state index contributed by atoms with van der Waals surface area (Å²) in [6.07, 6.45) is 0.962. The molecule has 24 heavy (non-hydrogen) atoms. The highest BCUT2D eigenvalue weighted by Gasteiger charge is 2.11. The summed E-state index contributed by atoms with van der Waals surface area (Å²) in [4.78, 5) is 12.1. The Kier molecular flexibility index (Phi) is 6.18. The van der Waals surface area contributed by atoms with Crippen LogP contribution in [0.4, 0.5) is 4.39 Å². The Hall–Kier alpha value is -2.56. The van der Waals surface area contributed by atoms with Gasteiger partial charge in [-0.1, -0.05) is 18.2 Å². The Morgan fingerprint density at radius 1 is 1.08 bits per heavy atom. The summed E-state index contributed by atoms with van der Waals surface area (Å²) in [5.74, 6) is 0.970. The highest BCUT2D eigenvalue weighted by molar-refractivity contribution is 5.76. The van der Waals surface area contributed by atoms with E-state index >= 15 is 0 Å². The summed E-state index contributed by atoms with van der Waals surface area (Å²) < 4.78 is 23.4. The number of hydrogen-bond acceptors (Lipinski definition) is 3. The molecule has 1 N–H and O–H groups in total. The maximum Gasteiger partial charge on any atom is 0.220 e. The van der Waals surface area contributed by atoms with Crippen molar-refractivity contribution in [1.29, 1.82) is 0 Å². The first-order valence-electron chi connectivity index (χ1n) is 7.79. The van der Waals surface area contributed by atoms with E-state index in [1.165, 1.54) is 12.1 Å². The van der Waals surface area contributed by atoms with Gasteiger partial charge in [0.1, 0.15) is 5.82 Å². The van der Waals surface area contributed by atoms with Crippen molar-refractivity contribution >= 4 is 5.91 Å². The standard InChI is InChI=1S/C19H22FNO3/c1-13(15-6-8-16(20)9-7-15)21-19(22)11-5-14-4-10-17(23-2)18(12-14)24-3/h4,6-10,12-13H,5,11H2,1-3H3,(H,21,22)/t13-/m1/s1. The Labute approximate surface area is 141 Å². The van der Waals surface area contributed by atoms with Gasteiger partial charge in [-0.05, 0) is 48.7 Å². The first-order chi connectivity index (χ1) is 11.5. The zero-order valence-corrected chi connectivity index (χ0v) is 14.1. The van der Waals surface area contributed by atoms with Gasteiger partial charge >= 0.3 is 0 Å². The summed E-state index contributed by atoms with van der Waals surface area (Å²) >= 11 is 0. The lowest BCUT2D eigenvalue weighted by molar-refractivity contribution is -0.121. The molecule has 0 spiro atoms. The Morgan fingerprint density at radius 2 is 1.75 bits per heavy atom. The van der Waals surface area contributed by atoms with E-state index in [1.807, 2.05) is 25.1 Å². The second kappa shape index (κ2) is 8.34. The highest BCUT2D eigenvalue weighted by atomic mass is 19.1. The zero-order valence-electron chi connectivity index (χ0n) is 14.1. The number of aryl methyl sites for hydroxylation is 1. The van der Waals surface area contributed by atoms with E-state index in [2.05, 4.69) is 5.32 Å². The molecule has 1 amide bonds. The molecular formula is C19H22FNO3. The van der Waals surface area contributed by atoms with Crippen molar-refractivity contribution in [2.75, 3.05) is 14.2 Å². The van der Waals surface area contributed by atoms with E-state index in [0.29, 0.717) is 24.3 Å². The molecule has 0 radical (unpaired) electrons. The van der Waals surface area contributed by atoms with Crippen molar-refractivity contribution in [2.24, 2.45) is 0 Å². The van der Waals surface area contributed by atoms with Crippen LogP contribution in [0.2, 0.25) is 0 Å². The molecule has 0 aliphatic heterocycles. The Morgan fingerprint density at radius 3 is 2.38 bits per heavy atom. The van der Waals surface area contributed by atoms with Crippen LogP contribution >= 0.6 is 0 Å². The summed E-state index contributed by atoms with van der Waals surface area (Å²) in [6, 6.07) is 11.6. The second-order valence-electron chi connectivity index (χ2n) is 5.53. The van der Waals surface area contributed by atoms with E-state index in [1.54, 1.807) is 26.4 Å². The molecule has 2 aromatic rings. The van der Waals surface area contributed by atoms with Gasteiger partial charge < -0.3 is 14.8 Å². The lowest BCUT2D eigenvalue weighted by Crippen LogP contribution is -2.26. The fourth-order valence-corrected chi connectivity index (χ4v) is 2.44. The smallest absolute Gasteiger partial charge is 0.220 e. The van der Waals surface area contributed by atoms with Gasteiger partial charge in [-0.15, -0.1) is 0 Å². The monoisotopic (exact) mass is 331 g/mol. The molecule has 0 aliphatic carbocycles. The van der Waals surface area contributed by atoms with Crippen molar-refractivity contribution in [3.05, 3.63) is 59.4 Å². The minimum absolute atomic E-state index is 0.0541. The zero-order chi connectivity index (χ0) is 17.5. The van der Waals surface area contributed by atoms with Crippen LogP contribution in [0.5, 0.6) is 11.5 Å². The van der Waals surface area contributed by atoms with Crippen LogP contribution in [0.15, 0.2) is 42.5 Å². The molecule has 4 nitrogen and oxygen atoms in total. The number of carbonyl (C=O) groups is 1. The van der Waals surface area contributed by atoms with E-state index in [0.717, 1.165) is 11.1 Å². The third-order valence-electron chi connectivity index (χ3n) is 3.84. The molecule has 0 aromatic heterocycles. The van der Waals surface area contributed by atoms with E-state index in [-0.39, 0.29) is 17.8 Å². The molecule has 2 aromatic carbocycles. The third kappa shape index (κ3) is 4.72. The summed E-state index contributed by atoms with van der Waals surface area (Å²) in [5, 5.41) is 2.92. The third-order valence-corrected chi connectivity index (χ3v) is 3.84. The van der Waals surface area contributed by atoms with Gasteiger partial charge in [-0.25, -0.2) is 4.39 Å². The molecule has 5 heteroatoms. The molecule has 0 fully saturated rings. The molecule has 0 saturated carbocycles. The molecule has 0 aliphatic rings. The van der Waals surface area contributed by atoms with Crippen LogP contribution in [-0.2, 0) is 11.2 Å². The number of halogens is 1. The van der Waals surface area contributed by atoms with Crippen molar-refractivity contribution < 1.29 is 18.7 Å². The SMILES string of the molecule is COc1ccc(CCC(=O)N[C@H](C)c2ccc(F)cc2)cc1OC. The minimum atomic E-state index is -0.286. The summed E-state index contributed by atoms with van der Waals surface area (Å²) in [7, 11) is 3.17. The molecule has 128 valence electrons. The van der Waals surface area contributed by atoms with Gasteiger partial charge in [0.2, 0.25) is 5.91 Å². The highest BCUT2D eigenvalue weighted by Crippen LogP contribution is 2.28. The predicted molar refractivity (Wildman–Crippen MR) is 90.8 cm³/mol. The Bertz CT molecular complexity index is 686. The molecule has 0 heterocycles. The van der Waals surface area contributed by atoms with Gasteiger partial charge in [-0.2, -0.15) is 0 Å². The molecular weight excluding hydrogens is 309 g/mol. The quantitative estimate of drug-likeness (QED) is 0.842. The number of nitrogens with one attached hydrogen (secondary N) is 1. The van der Waals surface area contributed by atoms with Crippen molar-refractivity contribution in [2.45, 2.75) is 25.8 Å². The van der Waals surface area contributed by atoms with Crippen molar-refractivity contribution in [3.63, 3.8) is 0 Å². The number of hydrogen-bond donors (Lipinski definition) is 1. The van der Waals surface area contributed by atoms with Gasteiger partial charge in [-0.3, -0.25) is 4.79 Å². The summed E-state index contributed by atoms with van der Waals surface area (Å²) in [5.41, 5.74) is 1.87. The van der Waals surface area contributed by atoms with Gasteiger partial charge in [0.25, 0.3) is 0 Å². The van der Waals surface area contributed by atoms with Crippen LogP contribution in [-0.4, -0.2) is 20.1 Å². The number of methoxy groups -OCH3 is 2. The van der Waals surface area contributed by atoms with Crippen molar-refractivity contribution in [1.82, 2.24) is 5.32 Å². The van der Waals surface area contributed by atoms with Gasteiger partial charge in [0.15, 0.2) is 11.5 Å². The topological polar surface area (TPSA) is 47.6 Å². The fourth-order valence-electron chi connectivity index (χ4n) is 2.44. The van der Waals surface area contributed by atoms with Crippen LogP contribution in [0.3, 0.4) is 0 Å². The first kappa shape index (κ1) is 17.8. The molecule has 1 atom stereocenters. The maximum atomic E-state index is 12.9. The fraction of sp³-hybridized carbons (Fsp3) is 0.316. The average molecular weight is 331 g/mol. The van der Waals surface area contributed by atoms with Crippen LogP contribution in [0.25, 0.3) is 0 Å². The summed E-state index contributed by atoms with van der Waals surface area (Å²) in [6.45, 7) is 1.88. The Balaban J connectivity index is 1.90. The molecule has 2 rings (SSSR count). The first-order valence-corrected chi connectivity index (χ1v) is 7.79. The number of rotatable bonds is 7. The van der Waals surface area contributed by atoms with Crippen LogP contribution in [0, 0.1) is 5.82 Å². The minimum Gasteiger partial charge on any atom is -0.493 e. The number of amides is 1. The molecule has 0 bridgehead atoms. The average Bonchev–Trinajstić information content (AvgIpc) is 2.60. The second-order valence-corrected chi connectivity index (χ2v) is 5.53. The van der Waals surface area contributed by atoms with E-state index in [9.17, 15) is 9.18 Å². The van der Waals surface area contributed by atoms with Gasteiger partial charge in [0.05, 0.1) is 20.3 Å². The van der Waals surface area contributed by atoms with Gasteiger partial charge in [0, 0.05) is 6.42 Å². The van der Waals surface area contributed by atoms with Crippen LogP contribution in [0.1, 0.15) is 30.5 Å². The number of ether oxygens (including phenoxy) is 2. The van der Waals surface area contributed by atoms with E-state index < -0.39 is 0 Å². The number of carbonyl (C=O) groups excluding carboxylic acids is 1. The largest absolute Gasteiger partial charge is 0.493 e. The van der Waals surface area contributed by atoms with E-state index in [4.69, 9.17) is 9.47 Å². The lowest BCUT2D eigenvalue weighted by atomic mass is 10.1. The molecule has 0 saturated heterocycles. The number of benzene rings is 2. The normalized spacial score (nSPS) is 11.7. The lowest BCUT2D eigenvalue weighted by Gasteiger charge is -2.14. The maximum absolute atomic E-state index is 12.9. The predicted octanol–water partition coefficient (Wildman–Crippen LogP) is 3.65.